The Kier molecular flexibility index (Phi) is 4.56. The molecule has 0 saturated heterocycles. The van der Waals surface area contributed by atoms with Crippen molar-refractivity contribution in [3.63, 3.8) is 0 Å². The van der Waals surface area contributed by atoms with E-state index in [1.807, 2.05) is 6.07 Å². The van der Waals surface area contributed by atoms with Crippen LogP contribution in [-0.2, 0) is 18.4 Å². The zero-order chi connectivity index (χ0) is 17.8. The Balaban J connectivity index is 1.81. The molecule has 1 N–H and O–H groups in total. The molecule has 1 heterocycles. The third-order valence-corrected chi connectivity index (χ3v) is 3.66. The van der Waals surface area contributed by atoms with Crippen LogP contribution in [0, 0.1) is 0 Å². The maximum absolute atomic E-state index is 12.6. The van der Waals surface area contributed by atoms with Crippen molar-refractivity contribution in [1.29, 1.82) is 0 Å². The van der Waals surface area contributed by atoms with Crippen LogP contribution in [0.2, 0.25) is 0 Å². The molecule has 3 aromatic rings. The van der Waals surface area contributed by atoms with Gasteiger partial charge in [0, 0.05) is 18.2 Å². The first-order valence-electron chi connectivity index (χ1n) is 7.63. The molecule has 0 aliphatic rings. The predicted octanol–water partition coefficient (Wildman–Crippen LogP) is 1.45. The SMILES string of the molecule is Cn1cnn(CC(=O)Nc2ccccc2C(=O)c2ccccc2)c1=O. The molecule has 0 bridgehead atoms. The summed E-state index contributed by atoms with van der Waals surface area (Å²) in [7, 11) is 1.55. The van der Waals surface area contributed by atoms with Crippen LogP contribution in [0.3, 0.4) is 0 Å². The summed E-state index contributed by atoms with van der Waals surface area (Å²) >= 11 is 0. The molecule has 0 aliphatic heterocycles. The number of anilines is 1. The van der Waals surface area contributed by atoms with Crippen molar-refractivity contribution in [3.8, 4) is 0 Å². The minimum atomic E-state index is -0.436. The first kappa shape index (κ1) is 16.4. The van der Waals surface area contributed by atoms with E-state index in [9.17, 15) is 14.4 Å². The van der Waals surface area contributed by atoms with Crippen LogP contribution in [0.4, 0.5) is 5.69 Å². The van der Waals surface area contributed by atoms with E-state index in [1.54, 1.807) is 55.6 Å². The van der Waals surface area contributed by atoms with Crippen LogP contribution < -0.4 is 11.0 Å². The van der Waals surface area contributed by atoms with E-state index in [0.717, 1.165) is 4.68 Å². The van der Waals surface area contributed by atoms with Crippen molar-refractivity contribution in [2.75, 3.05) is 5.32 Å². The first-order valence-corrected chi connectivity index (χ1v) is 7.63. The normalized spacial score (nSPS) is 10.4. The summed E-state index contributed by atoms with van der Waals surface area (Å²) in [6.07, 6.45) is 1.34. The molecule has 0 aliphatic carbocycles. The van der Waals surface area contributed by atoms with Crippen LogP contribution in [0.1, 0.15) is 15.9 Å². The number of aryl methyl sites for hydroxylation is 1. The fraction of sp³-hybridized carbons (Fsp3) is 0.111. The van der Waals surface area contributed by atoms with Gasteiger partial charge in [0.15, 0.2) is 5.78 Å². The maximum atomic E-state index is 12.6. The molecule has 0 unspecified atom stereocenters. The van der Waals surface area contributed by atoms with Gasteiger partial charge in [-0.15, -0.1) is 0 Å². The zero-order valence-electron chi connectivity index (χ0n) is 13.5. The molecule has 126 valence electrons. The van der Waals surface area contributed by atoms with Gasteiger partial charge in [0.1, 0.15) is 12.9 Å². The second-order valence-corrected chi connectivity index (χ2v) is 5.47. The molecule has 7 nitrogen and oxygen atoms in total. The number of benzene rings is 2. The van der Waals surface area contributed by atoms with Gasteiger partial charge in [-0.05, 0) is 12.1 Å². The molecular weight excluding hydrogens is 320 g/mol. The number of hydrogen-bond acceptors (Lipinski definition) is 4. The second kappa shape index (κ2) is 6.96. The molecule has 0 atom stereocenters. The Hall–Kier alpha value is -3.48. The molecule has 2 aromatic carbocycles. The van der Waals surface area contributed by atoms with Crippen molar-refractivity contribution >= 4 is 17.4 Å². The molecule has 0 saturated carbocycles. The average molecular weight is 336 g/mol. The minimum Gasteiger partial charge on any atom is -0.324 e. The van der Waals surface area contributed by atoms with Gasteiger partial charge < -0.3 is 5.32 Å². The van der Waals surface area contributed by atoms with E-state index in [2.05, 4.69) is 10.4 Å². The van der Waals surface area contributed by atoms with Crippen LogP contribution in [0.15, 0.2) is 65.7 Å². The van der Waals surface area contributed by atoms with Gasteiger partial charge >= 0.3 is 5.69 Å². The van der Waals surface area contributed by atoms with E-state index in [-0.39, 0.29) is 18.0 Å². The number of carbonyl (C=O) groups is 2. The highest BCUT2D eigenvalue weighted by atomic mass is 16.2. The number of amides is 1. The largest absolute Gasteiger partial charge is 0.345 e. The Morgan fingerprint density at radius 1 is 1.04 bits per heavy atom. The summed E-state index contributed by atoms with van der Waals surface area (Å²) in [4.78, 5) is 36.6. The number of rotatable bonds is 5. The number of aromatic nitrogens is 3. The lowest BCUT2D eigenvalue weighted by molar-refractivity contribution is -0.117. The van der Waals surface area contributed by atoms with Gasteiger partial charge in [-0.25, -0.2) is 9.48 Å². The summed E-state index contributed by atoms with van der Waals surface area (Å²) in [5.74, 6) is -0.624. The average Bonchev–Trinajstić information content (AvgIpc) is 2.94. The summed E-state index contributed by atoms with van der Waals surface area (Å²) in [5, 5.41) is 6.52. The fourth-order valence-electron chi connectivity index (χ4n) is 2.39. The van der Waals surface area contributed by atoms with Gasteiger partial charge in [0.2, 0.25) is 5.91 Å². The fourth-order valence-corrected chi connectivity index (χ4v) is 2.39. The quantitative estimate of drug-likeness (QED) is 0.715. The topological polar surface area (TPSA) is 86.0 Å². The summed E-state index contributed by atoms with van der Waals surface area (Å²) in [5.41, 5.74) is 0.926. The van der Waals surface area contributed by atoms with Gasteiger partial charge in [-0.2, -0.15) is 5.10 Å². The van der Waals surface area contributed by atoms with Crippen molar-refractivity contribution in [2.24, 2.45) is 7.05 Å². The van der Waals surface area contributed by atoms with E-state index < -0.39 is 5.91 Å². The predicted molar refractivity (Wildman–Crippen MR) is 92.4 cm³/mol. The van der Waals surface area contributed by atoms with E-state index in [0.29, 0.717) is 16.8 Å². The van der Waals surface area contributed by atoms with Crippen molar-refractivity contribution in [1.82, 2.24) is 14.3 Å². The minimum absolute atomic E-state index is 0.188. The van der Waals surface area contributed by atoms with Gasteiger partial charge in [0.05, 0.1) is 5.69 Å². The Morgan fingerprint density at radius 3 is 2.40 bits per heavy atom. The standard InChI is InChI=1S/C18H16N4O3/c1-21-12-19-22(18(21)25)11-16(23)20-15-10-6-5-9-14(15)17(24)13-7-3-2-4-8-13/h2-10,12H,11H2,1H3,(H,20,23). The van der Waals surface area contributed by atoms with E-state index in [4.69, 9.17) is 0 Å². The Morgan fingerprint density at radius 2 is 1.72 bits per heavy atom. The molecule has 0 fully saturated rings. The molecule has 0 spiro atoms. The Bertz CT molecular complexity index is 973. The van der Waals surface area contributed by atoms with Crippen molar-refractivity contribution in [2.45, 2.75) is 6.54 Å². The first-order chi connectivity index (χ1) is 12.1. The molecule has 25 heavy (non-hydrogen) atoms. The number of carbonyl (C=O) groups excluding carboxylic acids is 2. The van der Waals surface area contributed by atoms with Crippen LogP contribution in [0.25, 0.3) is 0 Å². The van der Waals surface area contributed by atoms with Gasteiger partial charge in [-0.3, -0.25) is 14.2 Å². The highest BCUT2D eigenvalue weighted by molar-refractivity contribution is 6.13. The lowest BCUT2D eigenvalue weighted by atomic mass is 10.0. The molecule has 0 radical (unpaired) electrons. The van der Waals surface area contributed by atoms with Gasteiger partial charge in [-0.1, -0.05) is 42.5 Å². The van der Waals surface area contributed by atoms with Crippen molar-refractivity contribution < 1.29 is 9.59 Å². The Labute approximate surface area is 143 Å². The molecule has 7 heteroatoms. The monoisotopic (exact) mass is 336 g/mol. The highest BCUT2D eigenvalue weighted by Gasteiger charge is 2.15. The molecular formula is C18H16N4O3. The number of hydrogen-bond donors (Lipinski definition) is 1. The number of para-hydroxylation sites is 1. The van der Waals surface area contributed by atoms with Crippen LogP contribution in [0.5, 0.6) is 0 Å². The molecule has 1 amide bonds. The lowest BCUT2D eigenvalue weighted by Gasteiger charge is -2.10. The summed E-state index contributed by atoms with van der Waals surface area (Å²) < 4.78 is 2.33. The number of nitrogens with zero attached hydrogens (tertiary/aromatic N) is 3. The smallest absolute Gasteiger partial charge is 0.324 e. The van der Waals surface area contributed by atoms with Gasteiger partial charge in [0.25, 0.3) is 0 Å². The second-order valence-electron chi connectivity index (χ2n) is 5.47. The molecule has 1 aromatic heterocycles. The van der Waals surface area contributed by atoms with E-state index in [1.165, 1.54) is 10.9 Å². The third-order valence-electron chi connectivity index (χ3n) is 3.66. The molecule has 3 rings (SSSR count). The third kappa shape index (κ3) is 3.55. The van der Waals surface area contributed by atoms with Crippen LogP contribution >= 0.6 is 0 Å². The lowest BCUT2D eigenvalue weighted by Crippen LogP contribution is -2.29. The zero-order valence-corrected chi connectivity index (χ0v) is 13.5. The highest BCUT2D eigenvalue weighted by Crippen LogP contribution is 2.19. The summed E-state index contributed by atoms with van der Waals surface area (Å²) in [6, 6.07) is 15.6. The number of nitrogens with one attached hydrogen (secondary N) is 1. The number of ketones is 1. The van der Waals surface area contributed by atoms with Crippen LogP contribution in [-0.4, -0.2) is 26.0 Å². The van der Waals surface area contributed by atoms with Crippen molar-refractivity contribution in [3.05, 3.63) is 82.5 Å². The summed E-state index contributed by atoms with van der Waals surface area (Å²) in [6.45, 7) is -0.229. The van der Waals surface area contributed by atoms with E-state index >= 15 is 0 Å². The maximum Gasteiger partial charge on any atom is 0.345 e.